The van der Waals surface area contributed by atoms with Crippen LogP contribution in [0.2, 0.25) is 0 Å². The van der Waals surface area contributed by atoms with E-state index < -0.39 is 29.4 Å². The van der Waals surface area contributed by atoms with Gasteiger partial charge in [-0.05, 0) is 36.5 Å². The summed E-state index contributed by atoms with van der Waals surface area (Å²) < 4.78 is 36.7. The molecule has 4 rings (SSSR count). The number of fused-ring (bicyclic) bond motifs is 1. The van der Waals surface area contributed by atoms with Crippen LogP contribution in [-0.2, 0) is 25.7 Å². The molecule has 0 amide bonds. The summed E-state index contributed by atoms with van der Waals surface area (Å²) in [4.78, 5) is 24.1. The third kappa shape index (κ3) is 2.01. The van der Waals surface area contributed by atoms with Gasteiger partial charge in [0, 0.05) is 12.0 Å². The maximum Gasteiger partial charge on any atom is 0.310 e. The number of hydrogen-bond acceptors (Lipinski definition) is 4. The lowest BCUT2D eigenvalue weighted by Gasteiger charge is -2.22. The Hall–Kier alpha value is -1.98. The van der Waals surface area contributed by atoms with Crippen molar-refractivity contribution in [2.45, 2.75) is 25.6 Å². The van der Waals surface area contributed by atoms with Gasteiger partial charge in [-0.2, -0.15) is 0 Å². The zero-order valence-corrected chi connectivity index (χ0v) is 11.6. The molecule has 2 aliphatic carbocycles. The predicted molar refractivity (Wildman–Crippen MR) is 69.2 cm³/mol. The Labute approximate surface area is 125 Å². The number of hydrogen-bond donors (Lipinski definition) is 0. The van der Waals surface area contributed by atoms with Crippen LogP contribution in [0, 0.1) is 35.3 Å². The first-order chi connectivity index (χ1) is 10.5. The average molecular weight is 308 g/mol. The van der Waals surface area contributed by atoms with Crippen molar-refractivity contribution in [1.29, 1.82) is 0 Å². The fourth-order valence-corrected chi connectivity index (χ4v) is 4.27. The third-order valence-corrected chi connectivity index (χ3v) is 5.06. The number of ether oxygens (including phenoxy) is 2. The molecule has 22 heavy (non-hydrogen) atoms. The van der Waals surface area contributed by atoms with Gasteiger partial charge in [-0.15, -0.1) is 0 Å². The minimum atomic E-state index is -0.715. The monoisotopic (exact) mass is 308 g/mol. The summed E-state index contributed by atoms with van der Waals surface area (Å²) in [6.07, 6.45) is 1.49. The van der Waals surface area contributed by atoms with Crippen LogP contribution >= 0.6 is 0 Å². The molecule has 0 N–H and O–H groups in total. The summed E-state index contributed by atoms with van der Waals surface area (Å²) >= 11 is 0. The number of rotatable bonds is 3. The number of benzene rings is 1. The van der Waals surface area contributed by atoms with E-state index in [2.05, 4.69) is 0 Å². The third-order valence-electron chi connectivity index (χ3n) is 5.06. The smallest absolute Gasteiger partial charge is 0.310 e. The molecule has 3 aliphatic rings. The maximum absolute atomic E-state index is 13.1. The van der Waals surface area contributed by atoms with Gasteiger partial charge in [0.15, 0.2) is 0 Å². The quantitative estimate of drug-likeness (QED) is 0.803. The van der Waals surface area contributed by atoms with Gasteiger partial charge < -0.3 is 9.47 Å². The van der Waals surface area contributed by atoms with Crippen molar-refractivity contribution >= 4 is 11.9 Å². The second-order valence-corrected chi connectivity index (χ2v) is 6.31. The highest BCUT2D eigenvalue weighted by atomic mass is 19.1. The van der Waals surface area contributed by atoms with Gasteiger partial charge in [0.25, 0.3) is 0 Å². The molecule has 1 aromatic carbocycles. The molecule has 0 aromatic heterocycles. The van der Waals surface area contributed by atoms with Crippen LogP contribution in [0.15, 0.2) is 18.2 Å². The summed E-state index contributed by atoms with van der Waals surface area (Å²) in [5, 5.41) is 0. The Morgan fingerprint density at radius 2 is 1.95 bits per heavy atom. The molecule has 1 aromatic rings. The van der Waals surface area contributed by atoms with E-state index in [1.54, 1.807) is 0 Å². The molecule has 4 nitrogen and oxygen atoms in total. The molecule has 2 saturated carbocycles. The first kappa shape index (κ1) is 13.7. The van der Waals surface area contributed by atoms with Crippen molar-refractivity contribution in [3.63, 3.8) is 0 Å². The molecule has 0 spiro atoms. The van der Waals surface area contributed by atoms with E-state index in [4.69, 9.17) is 9.47 Å². The number of halogens is 2. The van der Waals surface area contributed by atoms with E-state index in [9.17, 15) is 18.4 Å². The lowest BCUT2D eigenvalue weighted by molar-refractivity contribution is -0.156. The summed E-state index contributed by atoms with van der Waals surface area (Å²) in [5.74, 6) is -2.85. The van der Waals surface area contributed by atoms with Gasteiger partial charge in [-0.25, -0.2) is 8.78 Å². The van der Waals surface area contributed by atoms with Crippen molar-refractivity contribution in [1.82, 2.24) is 0 Å². The highest BCUT2D eigenvalue weighted by molar-refractivity contribution is 5.85. The van der Waals surface area contributed by atoms with Gasteiger partial charge in [-0.3, -0.25) is 9.59 Å². The van der Waals surface area contributed by atoms with Gasteiger partial charge in [0.1, 0.15) is 24.3 Å². The zero-order chi connectivity index (χ0) is 15.4. The highest BCUT2D eigenvalue weighted by Crippen LogP contribution is 2.57. The second kappa shape index (κ2) is 4.76. The molecular formula is C16H14F2O4. The van der Waals surface area contributed by atoms with E-state index in [1.807, 2.05) is 0 Å². The molecule has 1 heterocycles. The first-order valence-electron chi connectivity index (χ1n) is 7.35. The van der Waals surface area contributed by atoms with E-state index in [-0.39, 0.29) is 36.1 Å². The predicted octanol–water partition coefficient (Wildman–Crippen LogP) is 2.21. The number of carbonyl (C=O) groups excluding carboxylic acids is 2. The average Bonchev–Trinajstić information content (AvgIpc) is 3.05. The minimum Gasteiger partial charge on any atom is -0.462 e. The molecular weight excluding hydrogens is 294 g/mol. The van der Waals surface area contributed by atoms with E-state index in [0.717, 1.165) is 24.6 Å². The summed E-state index contributed by atoms with van der Waals surface area (Å²) in [5.41, 5.74) is 0.251. The largest absolute Gasteiger partial charge is 0.462 e. The molecule has 5 unspecified atom stereocenters. The molecule has 0 radical (unpaired) electrons. The highest BCUT2D eigenvalue weighted by Gasteiger charge is 2.64. The second-order valence-electron chi connectivity index (χ2n) is 6.31. The van der Waals surface area contributed by atoms with Crippen LogP contribution in [0.3, 0.4) is 0 Å². The van der Waals surface area contributed by atoms with Gasteiger partial charge in [0.05, 0.1) is 11.8 Å². The topological polar surface area (TPSA) is 52.6 Å². The van der Waals surface area contributed by atoms with Crippen molar-refractivity contribution in [2.24, 2.45) is 23.7 Å². The van der Waals surface area contributed by atoms with Crippen molar-refractivity contribution in [2.75, 3.05) is 0 Å². The SMILES string of the molecule is O=C(OCc1cc(F)cc(F)c1)C1C2CC3OC(=O)C1C3C2. The summed E-state index contributed by atoms with van der Waals surface area (Å²) in [6, 6.07) is 3.00. The Bertz CT molecular complexity index is 637. The fourth-order valence-electron chi connectivity index (χ4n) is 4.27. The van der Waals surface area contributed by atoms with E-state index >= 15 is 0 Å². The van der Waals surface area contributed by atoms with Crippen LogP contribution in [-0.4, -0.2) is 18.0 Å². The van der Waals surface area contributed by atoms with Gasteiger partial charge in [-0.1, -0.05) is 0 Å². The Kier molecular flexibility index (Phi) is 2.96. The Balaban J connectivity index is 1.46. The molecule has 116 valence electrons. The molecule has 2 bridgehead atoms. The van der Waals surface area contributed by atoms with Crippen LogP contribution < -0.4 is 0 Å². The number of esters is 2. The molecule has 1 saturated heterocycles. The fraction of sp³-hybridized carbons (Fsp3) is 0.500. The summed E-state index contributed by atoms with van der Waals surface area (Å²) in [7, 11) is 0. The normalized spacial score (nSPS) is 34.8. The van der Waals surface area contributed by atoms with Crippen LogP contribution in [0.1, 0.15) is 18.4 Å². The molecule has 6 heteroatoms. The van der Waals surface area contributed by atoms with E-state index in [1.165, 1.54) is 0 Å². The number of carbonyl (C=O) groups is 2. The van der Waals surface area contributed by atoms with Gasteiger partial charge in [0.2, 0.25) is 0 Å². The lowest BCUT2D eigenvalue weighted by Crippen LogP contribution is -2.33. The van der Waals surface area contributed by atoms with Crippen LogP contribution in [0.4, 0.5) is 8.78 Å². The molecule has 5 atom stereocenters. The van der Waals surface area contributed by atoms with Crippen LogP contribution in [0.5, 0.6) is 0 Å². The van der Waals surface area contributed by atoms with Gasteiger partial charge >= 0.3 is 11.9 Å². The molecule has 3 fully saturated rings. The molecule has 1 aliphatic heterocycles. The first-order valence-corrected chi connectivity index (χ1v) is 7.35. The minimum absolute atomic E-state index is 0.0381. The van der Waals surface area contributed by atoms with Crippen molar-refractivity contribution < 1.29 is 27.8 Å². The van der Waals surface area contributed by atoms with Crippen LogP contribution in [0.25, 0.3) is 0 Å². The van der Waals surface area contributed by atoms with E-state index in [0.29, 0.717) is 6.42 Å². The van der Waals surface area contributed by atoms with Crippen molar-refractivity contribution in [3.8, 4) is 0 Å². The summed E-state index contributed by atoms with van der Waals surface area (Å²) in [6.45, 7) is -0.202. The standard InChI is InChI=1S/C16H14F2O4/c17-9-1-7(2-10(18)5-9)6-21-15(19)13-8-3-11-12(4-8)22-16(20)14(11)13/h1-2,5,8,11-14H,3-4,6H2. The zero-order valence-electron chi connectivity index (χ0n) is 11.6. The lowest BCUT2D eigenvalue weighted by atomic mass is 9.80. The Morgan fingerprint density at radius 3 is 2.68 bits per heavy atom. The Morgan fingerprint density at radius 1 is 1.23 bits per heavy atom. The maximum atomic E-state index is 13.1. The van der Waals surface area contributed by atoms with Crippen molar-refractivity contribution in [3.05, 3.63) is 35.4 Å².